The van der Waals surface area contributed by atoms with Crippen LogP contribution < -0.4 is 9.47 Å². The monoisotopic (exact) mass is 533 g/mol. The highest BCUT2D eigenvalue weighted by atomic mass is 19.1. The Balaban J connectivity index is 1.33. The summed E-state index contributed by atoms with van der Waals surface area (Å²) >= 11 is 0. The summed E-state index contributed by atoms with van der Waals surface area (Å²) in [4.78, 5) is 4.68. The van der Waals surface area contributed by atoms with Gasteiger partial charge in [0.15, 0.2) is 5.82 Å². The first-order valence-electron chi connectivity index (χ1n) is 13.6. The standard InChI is InChI=1S/C30H36FN5O3/c1-6-7-18-38-22-12-13-23(24(19-22)37-5)26-33-34-27(36(26)4)29(2)14-16-30(3,17-15-29)28-32-25(35-39-28)20-8-10-21(31)11-9-20/h8-13,19H,6-7,14-18H2,1-5H3. The van der Waals surface area contributed by atoms with Crippen LogP contribution in [0, 0.1) is 5.82 Å². The van der Waals surface area contributed by atoms with E-state index in [4.69, 9.17) is 14.0 Å². The number of halogens is 1. The zero-order valence-electron chi connectivity index (χ0n) is 23.3. The van der Waals surface area contributed by atoms with Crippen LogP contribution in [0.25, 0.3) is 22.8 Å². The molecule has 9 heteroatoms. The molecule has 0 saturated heterocycles. The number of nitrogens with zero attached hydrogens (tertiary/aromatic N) is 5. The number of unbranched alkanes of at least 4 members (excludes halogenated alkanes) is 1. The van der Waals surface area contributed by atoms with Gasteiger partial charge in [0, 0.05) is 29.5 Å². The number of aromatic nitrogens is 5. The fourth-order valence-electron chi connectivity index (χ4n) is 5.35. The highest BCUT2D eigenvalue weighted by Gasteiger charge is 2.45. The molecule has 1 fully saturated rings. The summed E-state index contributed by atoms with van der Waals surface area (Å²) in [6.07, 6.45) is 5.61. The number of methoxy groups -OCH3 is 1. The third-order valence-electron chi connectivity index (χ3n) is 8.10. The molecule has 206 valence electrons. The molecule has 1 saturated carbocycles. The van der Waals surface area contributed by atoms with Crippen molar-refractivity contribution in [2.45, 2.75) is 70.1 Å². The Morgan fingerprint density at radius 3 is 2.41 bits per heavy atom. The van der Waals surface area contributed by atoms with Gasteiger partial charge in [0.2, 0.25) is 11.7 Å². The molecule has 4 aromatic rings. The molecule has 0 bridgehead atoms. The van der Waals surface area contributed by atoms with E-state index < -0.39 is 0 Å². The molecule has 5 rings (SSSR count). The van der Waals surface area contributed by atoms with Gasteiger partial charge in [-0.25, -0.2) is 4.39 Å². The van der Waals surface area contributed by atoms with Gasteiger partial charge in [-0.05, 0) is 68.5 Å². The van der Waals surface area contributed by atoms with Gasteiger partial charge >= 0.3 is 0 Å². The highest BCUT2D eigenvalue weighted by Crippen LogP contribution is 2.48. The Bertz CT molecular complexity index is 1420. The van der Waals surface area contributed by atoms with E-state index in [1.165, 1.54) is 12.1 Å². The largest absolute Gasteiger partial charge is 0.496 e. The molecule has 0 amide bonds. The van der Waals surface area contributed by atoms with Crippen molar-refractivity contribution in [2.24, 2.45) is 7.05 Å². The lowest BCUT2D eigenvalue weighted by Gasteiger charge is -2.40. The SMILES string of the molecule is CCCCOc1ccc(-c2nnc(C3(C)CCC(C)(c4nc(-c5ccc(F)cc5)no4)CC3)n2C)c(OC)c1. The van der Waals surface area contributed by atoms with E-state index >= 15 is 0 Å². The minimum atomic E-state index is -0.292. The zero-order chi connectivity index (χ0) is 27.6. The minimum Gasteiger partial charge on any atom is -0.496 e. The second-order valence-corrected chi connectivity index (χ2v) is 11.0. The van der Waals surface area contributed by atoms with E-state index in [-0.39, 0.29) is 16.6 Å². The van der Waals surface area contributed by atoms with E-state index in [2.05, 4.69) is 45.7 Å². The summed E-state index contributed by atoms with van der Waals surface area (Å²) in [5, 5.41) is 13.4. The van der Waals surface area contributed by atoms with E-state index in [9.17, 15) is 4.39 Å². The Morgan fingerprint density at radius 1 is 1.00 bits per heavy atom. The molecule has 2 heterocycles. The quantitative estimate of drug-likeness (QED) is 0.223. The maximum absolute atomic E-state index is 13.3. The Labute approximate surface area is 228 Å². The van der Waals surface area contributed by atoms with Crippen LogP contribution in [0.5, 0.6) is 11.5 Å². The summed E-state index contributed by atoms with van der Waals surface area (Å²) < 4.78 is 32.7. The van der Waals surface area contributed by atoms with Gasteiger partial charge in [-0.1, -0.05) is 32.3 Å². The maximum Gasteiger partial charge on any atom is 0.232 e. The molecular formula is C30H36FN5O3. The first-order chi connectivity index (χ1) is 18.8. The topological polar surface area (TPSA) is 88.1 Å². The summed E-state index contributed by atoms with van der Waals surface area (Å²) in [5.41, 5.74) is 1.21. The van der Waals surface area contributed by atoms with Gasteiger partial charge in [-0.15, -0.1) is 10.2 Å². The fraction of sp³-hybridized carbons (Fsp3) is 0.467. The average molecular weight is 534 g/mol. The lowest BCUT2D eigenvalue weighted by atomic mass is 9.64. The number of hydrogen-bond donors (Lipinski definition) is 0. The number of benzene rings is 2. The van der Waals surface area contributed by atoms with Gasteiger partial charge in [0.25, 0.3) is 0 Å². The number of ether oxygens (including phenoxy) is 2. The molecule has 0 spiro atoms. The van der Waals surface area contributed by atoms with Crippen molar-refractivity contribution in [1.29, 1.82) is 0 Å². The van der Waals surface area contributed by atoms with Crippen molar-refractivity contribution in [2.75, 3.05) is 13.7 Å². The van der Waals surface area contributed by atoms with Crippen molar-refractivity contribution >= 4 is 0 Å². The summed E-state index contributed by atoms with van der Waals surface area (Å²) in [6.45, 7) is 7.25. The van der Waals surface area contributed by atoms with Crippen LogP contribution in [-0.2, 0) is 17.9 Å². The van der Waals surface area contributed by atoms with Gasteiger partial charge in [-0.3, -0.25) is 0 Å². The molecule has 0 radical (unpaired) electrons. The van der Waals surface area contributed by atoms with Crippen LogP contribution in [0.15, 0.2) is 47.0 Å². The molecule has 2 aromatic carbocycles. The molecule has 2 aromatic heterocycles. The van der Waals surface area contributed by atoms with Crippen molar-refractivity contribution in [3.8, 4) is 34.3 Å². The van der Waals surface area contributed by atoms with Crippen LogP contribution in [0.1, 0.15) is 71.0 Å². The third-order valence-corrected chi connectivity index (χ3v) is 8.10. The van der Waals surface area contributed by atoms with E-state index in [1.807, 2.05) is 25.2 Å². The van der Waals surface area contributed by atoms with Crippen LogP contribution in [0.2, 0.25) is 0 Å². The third kappa shape index (κ3) is 5.27. The van der Waals surface area contributed by atoms with E-state index in [1.54, 1.807) is 19.2 Å². The van der Waals surface area contributed by atoms with Crippen molar-refractivity contribution < 1.29 is 18.4 Å². The predicted octanol–water partition coefficient (Wildman–Crippen LogP) is 6.65. The van der Waals surface area contributed by atoms with Crippen LogP contribution in [-0.4, -0.2) is 38.6 Å². The Hall–Kier alpha value is -3.75. The van der Waals surface area contributed by atoms with Gasteiger partial charge in [0.05, 0.1) is 19.3 Å². The predicted molar refractivity (Wildman–Crippen MR) is 146 cm³/mol. The summed E-state index contributed by atoms with van der Waals surface area (Å²) in [7, 11) is 3.68. The van der Waals surface area contributed by atoms with Crippen molar-refractivity contribution in [3.05, 3.63) is 60.0 Å². The first kappa shape index (κ1) is 26.8. The second kappa shape index (κ2) is 10.8. The number of hydrogen-bond acceptors (Lipinski definition) is 7. The second-order valence-electron chi connectivity index (χ2n) is 11.0. The molecule has 8 nitrogen and oxygen atoms in total. The molecule has 0 N–H and O–H groups in total. The lowest BCUT2D eigenvalue weighted by molar-refractivity contribution is 0.172. The van der Waals surface area contributed by atoms with Crippen molar-refractivity contribution in [1.82, 2.24) is 24.9 Å². The molecule has 1 aliphatic carbocycles. The van der Waals surface area contributed by atoms with Crippen LogP contribution in [0.4, 0.5) is 4.39 Å². The Kier molecular flexibility index (Phi) is 7.42. The Morgan fingerprint density at radius 2 is 1.72 bits per heavy atom. The highest BCUT2D eigenvalue weighted by molar-refractivity contribution is 5.66. The minimum absolute atomic E-state index is 0.157. The fourth-order valence-corrected chi connectivity index (χ4v) is 5.35. The molecule has 39 heavy (non-hydrogen) atoms. The normalized spacial score (nSPS) is 21.2. The summed E-state index contributed by atoms with van der Waals surface area (Å²) in [6, 6.07) is 12.0. The van der Waals surface area contributed by atoms with Crippen LogP contribution >= 0.6 is 0 Å². The number of rotatable bonds is 9. The van der Waals surface area contributed by atoms with E-state index in [0.717, 1.165) is 67.1 Å². The zero-order valence-corrected chi connectivity index (χ0v) is 23.3. The van der Waals surface area contributed by atoms with Gasteiger partial charge in [-0.2, -0.15) is 4.98 Å². The average Bonchev–Trinajstić information content (AvgIpc) is 3.59. The van der Waals surface area contributed by atoms with Gasteiger partial charge in [0.1, 0.15) is 23.1 Å². The first-order valence-corrected chi connectivity index (χ1v) is 13.6. The summed E-state index contributed by atoms with van der Waals surface area (Å²) in [5.74, 6) is 4.01. The smallest absolute Gasteiger partial charge is 0.232 e. The van der Waals surface area contributed by atoms with Crippen LogP contribution in [0.3, 0.4) is 0 Å². The molecular weight excluding hydrogens is 497 g/mol. The molecule has 0 unspecified atom stereocenters. The van der Waals surface area contributed by atoms with Crippen molar-refractivity contribution in [3.63, 3.8) is 0 Å². The van der Waals surface area contributed by atoms with E-state index in [0.29, 0.717) is 24.1 Å². The lowest BCUT2D eigenvalue weighted by Crippen LogP contribution is -2.38. The molecule has 1 aliphatic rings. The molecule has 0 aliphatic heterocycles. The van der Waals surface area contributed by atoms with Gasteiger partial charge < -0.3 is 18.6 Å². The molecule has 0 atom stereocenters. The maximum atomic E-state index is 13.3.